The lowest BCUT2D eigenvalue weighted by Gasteiger charge is -2.17. The smallest absolute Gasteiger partial charge is 0.199 e. The summed E-state index contributed by atoms with van der Waals surface area (Å²) in [6.07, 6.45) is 3.35. The minimum Gasteiger partial charge on any atom is -0.448 e. The summed E-state index contributed by atoms with van der Waals surface area (Å²) < 4.78 is 6.36. The zero-order valence-electron chi connectivity index (χ0n) is 10.2. The number of anilines is 2. The van der Waals surface area contributed by atoms with E-state index in [0.717, 1.165) is 27.3 Å². The van der Waals surface area contributed by atoms with Crippen molar-refractivity contribution >= 4 is 27.5 Å². The third-order valence-electron chi connectivity index (χ3n) is 2.86. The first-order valence-corrected chi connectivity index (χ1v) is 6.48. The number of nitrogens with zero attached hydrogens (tertiary/aromatic N) is 3. The largest absolute Gasteiger partial charge is 0.448 e. The van der Waals surface area contributed by atoms with Gasteiger partial charge in [-0.15, -0.1) is 0 Å². The SMILES string of the molecule is CN(c1ccc(Br)c(-c2cn[nH]n2)c1)c1ccco1. The van der Waals surface area contributed by atoms with Crippen molar-refractivity contribution in [3.8, 4) is 11.3 Å². The van der Waals surface area contributed by atoms with Gasteiger partial charge in [-0.3, -0.25) is 0 Å². The lowest BCUT2D eigenvalue weighted by molar-refractivity contribution is 0.570. The molecule has 0 atom stereocenters. The Kier molecular flexibility index (Phi) is 3.08. The van der Waals surface area contributed by atoms with Gasteiger partial charge in [0.25, 0.3) is 0 Å². The molecule has 0 radical (unpaired) electrons. The summed E-state index contributed by atoms with van der Waals surface area (Å²) in [5, 5.41) is 10.6. The topological polar surface area (TPSA) is 58.0 Å². The van der Waals surface area contributed by atoms with Crippen LogP contribution in [0.5, 0.6) is 0 Å². The van der Waals surface area contributed by atoms with Gasteiger partial charge in [0.15, 0.2) is 5.88 Å². The fourth-order valence-corrected chi connectivity index (χ4v) is 2.29. The number of hydrogen-bond donors (Lipinski definition) is 1. The lowest BCUT2D eigenvalue weighted by Crippen LogP contribution is -2.08. The summed E-state index contributed by atoms with van der Waals surface area (Å²) in [4.78, 5) is 1.97. The van der Waals surface area contributed by atoms with Gasteiger partial charge < -0.3 is 9.32 Å². The molecule has 2 heterocycles. The molecular formula is C13H11BrN4O. The first-order chi connectivity index (χ1) is 9.25. The van der Waals surface area contributed by atoms with Crippen LogP contribution < -0.4 is 4.90 Å². The van der Waals surface area contributed by atoms with Crippen LogP contribution in [0.3, 0.4) is 0 Å². The van der Waals surface area contributed by atoms with Crippen molar-refractivity contribution in [1.82, 2.24) is 15.4 Å². The molecule has 1 N–H and O–H groups in total. The zero-order chi connectivity index (χ0) is 13.2. The summed E-state index contributed by atoms with van der Waals surface area (Å²) in [6.45, 7) is 0. The van der Waals surface area contributed by atoms with Crippen molar-refractivity contribution in [3.63, 3.8) is 0 Å². The molecule has 0 aliphatic carbocycles. The maximum atomic E-state index is 5.39. The van der Waals surface area contributed by atoms with E-state index in [9.17, 15) is 0 Å². The van der Waals surface area contributed by atoms with Crippen LogP contribution in [0.25, 0.3) is 11.3 Å². The second-order valence-corrected chi connectivity index (χ2v) is 4.88. The number of aromatic amines is 1. The van der Waals surface area contributed by atoms with Crippen LogP contribution in [0, 0.1) is 0 Å². The molecular weight excluding hydrogens is 308 g/mol. The van der Waals surface area contributed by atoms with Crippen LogP contribution in [0.1, 0.15) is 0 Å². The number of nitrogens with one attached hydrogen (secondary N) is 1. The average molecular weight is 319 g/mol. The van der Waals surface area contributed by atoms with E-state index in [4.69, 9.17) is 4.42 Å². The molecule has 0 aliphatic heterocycles. The molecule has 96 valence electrons. The van der Waals surface area contributed by atoms with E-state index in [1.165, 1.54) is 0 Å². The second kappa shape index (κ2) is 4.89. The summed E-state index contributed by atoms with van der Waals surface area (Å²) >= 11 is 3.53. The van der Waals surface area contributed by atoms with Gasteiger partial charge in [-0.25, -0.2) is 0 Å². The van der Waals surface area contributed by atoms with Crippen LogP contribution >= 0.6 is 15.9 Å². The van der Waals surface area contributed by atoms with E-state index in [-0.39, 0.29) is 0 Å². The van der Waals surface area contributed by atoms with E-state index in [2.05, 4.69) is 31.3 Å². The monoisotopic (exact) mass is 318 g/mol. The van der Waals surface area contributed by atoms with Crippen LogP contribution in [0.15, 0.2) is 51.7 Å². The van der Waals surface area contributed by atoms with Crippen molar-refractivity contribution in [2.75, 3.05) is 11.9 Å². The Hall–Kier alpha value is -2.08. The summed E-state index contributed by atoms with van der Waals surface area (Å²) in [5.74, 6) is 0.786. The van der Waals surface area contributed by atoms with Crippen molar-refractivity contribution in [2.24, 2.45) is 0 Å². The Balaban J connectivity index is 2.02. The predicted octanol–water partition coefficient (Wildman–Crippen LogP) is 3.60. The highest BCUT2D eigenvalue weighted by molar-refractivity contribution is 9.10. The van der Waals surface area contributed by atoms with Gasteiger partial charge in [0.1, 0.15) is 5.69 Å². The molecule has 0 saturated heterocycles. The van der Waals surface area contributed by atoms with Crippen LogP contribution in [0.4, 0.5) is 11.6 Å². The predicted molar refractivity (Wildman–Crippen MR) is 76.3 cm³/mol. The van der Waals surface area contributed by atoms with Crippen molar-refractivity contribution in [1.29, 1.82) is 0 Å². The van der Waals surface area contributed by atoms with E-state index >= 15 is 0 Å². The maximum absolute atomic E-state index is 5.39. The molecule has 5 nitrogen and oxygen atoms in total. The van der Waals surface area contributed by atoms with Gasteiger partial charge in [0.05, 0.1) is 12.5 Å². The second-order valence-electron chi connectivity index (χ2n) is 4.03. The molecule has 0 bridgehead atoms. The van der Waals surface area contributed by atoms with Crippen LogP contribution in [-0.4, -0.2) is 22.5 Å². The first-order valence-electron chi connectivity index (χ1n) is 5.68. The Morgan fingerprint density at radius 3 is 2.89 bits per heavy atom. The molecule has 19 heavy (non-hydrogen) atoms. The molecule has 0 unspecified atom stereocenters. The average Bonchev–Trinajstić information content (AvgIpc) is 3.12. The van der Waals surface area contributed by atoms with Gasteiger partial charge in [-0.2, -0.15) is 15.4 Å². The van der Waals surface area contributed by atoms with Crippen LogP contribution in [0.2, 0.25) is 0 Å². The summed E-state index contributed by atoms with van der Waals surface area (Å²) in [7, 11) is 1.95. The van der Waals surface area contributed by atoms with Gasteiger partial charge >= 0.3 is 0 Å². The highest BCUT2D eigenvalue weighted by atomic mass is 79.9. The first kappa shape index (κ1) is 12.0. The highest BCUT2D eigenvalue weighted by Gasteiger charge is 2.11. The van der Waals surface area contributed by atoms with E-state index in [0.29, 0.717) is 0 Å². The molecule has 1 aromatic carbocycles. The van der Waals surface area contributed by atoms with E-state index < -0.39 is 0 Å². The molecule has 0 saturated carbocycles. The quantitative estimate of drug-likeness (QED) is 0.801. The summed E-state index contributed by atoms with van der Waals surface area (Å²) in [5.41, 5.74) is 2.78. The van der Waals surface area contributed by atoms with Crippen molar-refractivity contribution in [3.05, 3.63) is 47.3 Å². The number of benzene rings is 1. The molecule has 6 heteroatoms. The summed E-state index contributed by atoms with van der Waals surface area (Å²) in [6, 6.07) is 9.81. The molecule has 3 aromatic rings. The normalized spacial score (nSPS) is 10.6. The molecule has 0 aliphatic rings. The third kappa shape index (κ3) is 2.26. The van der Waals surface area contributed by atoms with Crippen molar-refractivity contribution in [2.45, 2.75) is 0 Å². The Morgan fingerprint density at radius 1 is 1.32 bits per heavy atom. The van der Waals surface area contributed by atoms with Gasteiger partial charge in [-0.1, -0.05) is 15.9 Å². The van der Waals surface area contributed by atoms with E-state index in [1.54, 1.807) is 12.5 Å². The fourth-order valence-electron chi connectivity index (χ4n) is 1.84. The highest BCUT2D eigenvalue weighted by Crippen LogP contribution is 2.32. The maximum Gasteiger partial charge on any atom is 0.199 e. The minimum absolute atomic E-state index is 0.786. The fraction of sp³-hybridized carbons (Fsp3) is 0.0769. The minimum atomic E-state index is 0.786. The van der Waals surface area contributed by atoms with Crippen molar-refractivity contribution < 1.29 is 4.42 Å². The number of furan rings is 1. The number of rotatable bonds is 3. The number of halogens is 1. The Morgan fingerprint density at radius 2 is 2.21 bits per heavy atom. The van der Waals surface area contributed by atoms with Crippen LogP contribution in [-0.2, 0) is 0 Å². The standard InChI is InChI=1S/C13H11BrN4O/c1-18(13-3-2-6-19-13)9-4-5-11(14)10(7-9)12-8-15-17-16-12/h2-8H,1H3,(H,15,16,17). The molecule has 0 spiro atoms. The van der Waals surface area contributed by atoms with Gasteiger partial charge in [0.2, 0.25) is 0 Å². The van der Waals surface area contributed by atoms with Gasteiger partial charge in [-0.05, 0) is 24.3 Å². The van der Waals surface area contributed by atoms with E-state index in [1.807, 2.05) is 42.3 Å². The zero-order valence-corrected chi connectivity index (χ0v) is 11.8. The molecule has 2 aromatic heterocycles. The number of aromatic nitrogens is 3. The van der Waals surface area contributed by atoms with Gasteiger partial charge in [0, 0.05) is 28.8 Å². The molecule has 0 fully saturated rings. The molecule has 3 rings (SSSR count). The molecule has 0 amide bonds. The number of H-pyrrole nitrogens is 1. The lowest BCUT2D eigenvalue weighted by atomic mass is 10.1. The Bertz CT molecular complexity index is 664. The third-order valence-corrected chi connectivity index (χ3v) is 3.56. The number of hydrogen-bond acceptors (Lipinski definition) is 4. The Labute approximate surface area is 118 Å².